The number of hydrogen-bond acceptors (Lipinski definition) is 3. The number of rotatable bonds is 3. The Morgan fingerprint density at radius 2 is 2.06 bits per heavy atom. The van der Waals surface area contributed by atoms with Crippen LogP contribution in [0.4, 0.5) is 5.69 Å². The molecule has 0 amide bonds. The highest BCUT2D eigenvalue weighted by Gasteiger charge is 2.13. The van der Waals surface area contributed by atoms with Crippen molar-refractivity contribution in [3.63, 3.8) is 0 Å². The molecule has 0 aliphatic carbocycles. The molecule has 2 aromatic rings. The second kappa shape index (κ2) is 5.25. The number of aromatic nitrogens is 1. The van der Waals surface area contributed by atoms with Crippen LogP contribution >= 0.6 is 34.5 Å². The highest BCUT2D eigenvalue weighted by atomic mass is 35.5. The van der Waals surface area contributed by atoms with Crippen molar-refractivity contribution >= 4 is 40.2 Å². The predicted octanol–water partition coefficient (Wildman–Crippen LogP) is 4.93. The van der Waals surface area contributed by atoms with Gasteiger partial charge >= 0.3 is 0 Å². The molecule has 90 valence electrons. The third kappa shape index (κ3) is 3.12. The van der Waals surface area contributed by atoms with E-state index in [0.29, 0.717) is 4.34 Å². The summed E-state index contributed by atoms with van der Waals surface area (Å²) < 4.78 is 1.44. The minimum Gasteiger partial charge on any atom is -0.377 e. The molecule has 17 heavy (non-hydrogen) atoms. The number of pyridine rings is 1. The fourth-order valence-corrected chi connectivity index (χ4v) is 3.26. The number of hydrogen-bond donors (Lipinski definition) is 1. The lowest BCUT2D eigenvalue weighted by Gasteiger charge is -2.14. The van der Waals surface area contributed by atoms with Crippen LogP contribution in [0.3, 0.4) is 0 Å². The quantitative estimate of drug-likeness (QED) is 0.865. The average Bonchev–Trinajstić information content (AvgIpc) is 2.58. The lowest BCUT2D eigenvalue weighted by atomic mass is 10.1. The Morgan fingerprint density at radius 1 is 1.29 bits per heavy atom. The van der Waals surface area contributed by atoms with Gasteiger partial charge in [0, 0.05) is 18.0 Å². The standard InChI is InChI=1S/C12H12Cl2N2S/c1-7-3-9(6-15-5-7)16-8(2)10-4-11(13)17-12(10)14/h3-6,8,16H,1-2H3. The number of thiophene rings is 1. The monoisotopic (exact) mass is 286 g/mol. The van der Waals surface area contributed by atoms with Gasteiger partial charge in [0.15, 0.2) is 0 Å². The summed E-state index contributed by atoms with van der Waals surface area (Å²) in [6.07, 6.45) is 3.62. The van der Waals surface area contributed by atoms with Gasteiger partial charge < -0.3 is 5.32 Å². The molecule has 0 aliphatic heterocycles. The van der Waals surface area contributed by atoms with E-state index < -0.39 is 0 Å². The predicted molar refractivity (Wildman–Crippen MR) is 75.4 cm³/mol. The van der Waals surface area contributed by atoms with Gasteiger partial charge in [0.2, 0.25) is 0 Å². The maximum atomic E-state index is 6.12. The molecule has 1 N–H and O–H groups in total. The first-order valence-electron chi connectivity index (χ1n) is 5.19. The second-order valence-electron chi connectivity index (χ2n) is 3.90. The summed E-state index contributed by atoms with van der Waals surface area (Å²) in [5, 5.41) is 3.35. The molecule has 0 aromatic carbocycles. The third-order valence-corrected chi connectivity index (χ3v) is 3.93. The minimum atomic E-state index is 0.106. The van der Waals surface area contributed by atoms with Crippen LogP contribution in [0.1, 0.15) is 24.1 Å². The summed E-state index contributed by atoms with van der Waals surface area (Å²) >= 11 is 13.4. The molecule has 2 aromatic heterocycles. The largest absolute Gasteiger partial charge is 0.377 e. The van der Waals surface area contributed by atoms with Crippen LogP contribution in [-0.4, -0.2) is 4.98 Å². The van der Waals surface area contributed by atoms with Gasteiger partial charge in [0.05, 0.1) is 20.4 Å². The Kier molecular flexibility index (Phi) is 3.92. The van der Waals surface area contributed by atoms with Gasteiger partial charge in [-0.05, 0) is 31.5 Å². The molecule has 0 fully saturated rings. The van der Waals surface area contributed by atoms with Crippen LogP contribution in [0.15, 0.2) is 24.5 Å². The van der Waals surface area contributed by atoms with Crippen molar-refractivity contribution in [3.05, 3.63) is 44.3 Å². The van der Waals surface area contributed by atoms with Crippen LogP contribution in [-0.2, 0) is 0 Å². The summed E-state index contributed by atoms with van der Waals surface area (Å²) in [7, 11) is 0. The van der Waals surface area contributed by atoms with Crippen molar-refractivity contribution in [1.29, 1.82) is 0 Å². The van der Waals surface area contributed by atoms with Crippen molar-refractivity contribution < 1.29 is 0 Å². The van der Waals surface area contributed by atoms with E-state index in [1.54, 1.807) is 6.20 Å². The molecule has 1 unspecified atom stereocenters. The zero-order chi connectivity index (χ0) is 12.4. The zero-order valence-electron chi connectivity index (χ0n) is 9.50. The maximum Gasteiger partial charge on any atom is 0.0996 e. The Bertz CT molecular complexity index is 525. The highest BCUT2D eigenvalue weighted by Crippen LogP contribution is 2.35. The Morgan fingerprint density at radius 3 is 2.65 bits per heavy atom. The zero-order valence-corrected chi connectivity index (χ0v) is 11.8. The van der Waals surface area contributed by atoms with Crippen molar-refractivity contribution in [2.24, 2.45) is 0 Å². The van der Waals surface area contributed by atoms with Gasteiger partial charge in [-0.1, -0.05) is 23.2 Å². The van der Waals surface area contributed by atoms with E-state index in [0.717, 1.165) is 21.2 Å². The SMILES string of the molecule is Cc1cncc(NC(C)c2cc(Cl)sc2Cl)c1. The van der Waals surface area contributed by atoms with Gasteiger partial charge in [-0.25, -0.2) is 0 Å². The first-order chi connectivity index (χ1) is 8.06. The number of nitrogens with zero attached hydrogens (tertiary/aromatic N) is 1. The van der Waals surface area contributed by atoms with Crippen molar-refractivity contribution in [2.75, 3.05) is 5.32 Å². The fraction of sp³-hybridized carbons (Fsp3) is 0.250. The van der Waals surface area contributed by atoms with Crippen LogP contribution in [0.5, 0.6) is 0 Å². The Hall–Kier alpha value is -0.770. The molecule has 0 saturated carbocycles. The van der Waals surface area contributed by atoms with Crippen LogP contribution in [0.25, 0.3) is 0 Å². The third-order valence-electron chi connectivity index (χ3n) is 2.41. The minimum absolute atomic E-state index is 0.106. The summed E-state index contributed by atoms with van der Waals surface area (Å²) in [6.45, 7) is 4.06. The molecule has 5 heteroatoms. The normalized spacial score (nSPS) is 12.5. The van der Waals surface area contributed by atoms with E-state index in [-0.39, 0.29) is 6.04 Å². The van der Waals surface area contributed by atoms with E-state index in [1.807, 2.05) is 32.2 Å². The molecule has 0 radical (unpaired) electrons. The average molecular weight is 287 g/mol. The summed E-state index contributed by atoms with van der Waals surface area (Å²) in [5.74, 6) is 0. The van der Waals surface area contributed by atoms with Gasteiger partial charge in [0.25, 0.3) is 0 Å². The van der Waals surface area contributed by atoms with Crippen LogP contribution in [0, 0.1) is 6.92 Å². The van der Waals surface area contributed by atoms with Crippen molar-refractivity contribution in [3.8, 4) is 0 Å². The molecule has 0 bridgehead atoms. The van der Waals surface area contributed by atoms with Crippen molar-refractivity contribution in [1.82, 2.24) is 4.98 Å². The number of anilines is 1. The molecule has 0 aliphatic rings. The van der Waals surface area contributed by atoms with E-state index in [4.69, 9.17) is 23.2 Å². The van der Waals surface area contributed by atoms with E-state index in [1.165, 1.54) is 11.3 Å². The van der Waals surface area contributed by atoms with E-state index >= 15 is 0 Å². The summed E-state index contributed by atoms with van der Waals surface area (Å²) in [6, 6.07) is 4.05. The molecular weight excluding hydrogens is 275 g/mol. The second-order valence-corrected chi connectivity index (χ2v) is 6.18. The van der Waals surface area contributed by atoms with Crippen molar-refractivity contribution in [2.45, 2.75) is 19.9 Å². The molecule has 0 saturated heterocycles. The van der Waals surface area contributed by atoms with Gasteiger partial charge in [-0.15, -0.1) is 11.3 Å². The van der Waals surface area contributed by atoms with Crippen LogP contribution < -0.4 is 5.32 Å². The van der Waals surface area contributed by atoms with Gasteiger partial charge in [-0.3, -0.25) is 4.98 Å². The fourth-order valence-electron chi connectivity index (χ4n) is 1.61. The lowest BCUT2D eigenvalue weighted by Crippen LogP contribution is -2.06. The van der Waals surface area contributed by atoms with E-state index in [9.17, 15) is 0 Å². The Labute approximate surface area is 115 Å². The lowest BCUT2D eigenvalue weighted by molar-refractivity contribution is 0.888. The highest BCUT2D eigenvalue weighted by molar-refractivity contribution is 7.20. The molecular formula is C12H12Cl2N2S. The molecule has 0 spiro atoms. The molecule has 2 heterocycles. The number of aryl methyl sites for hydroxylation is 1. The van der Waals surface area contributed by atoms with Gasteiger partial charge in [-0.2, -0.15) is 0 Å². The topological polar surface area (TPSA) is 24.9 Å². The van der Waals surface area contributed by atoms with Crippen LogP contribution in [0.2, 0.25) is 8.67 Å². The number of halogens is 2. The van der Waals surface area contributed by atoms with E-state index in [2.05, 4.69) is 10.3 Å². The first kappa shape index (κ1) is 12.7. The summed E-state index contributed by atoms with van der Waals surface area (Å²) in [5.41, 5.74) is 3.12. The maximum absolute atomic E-state index is 6.12. The molecule has 1 atom stereocenters. The first-order valence-corrected chi connectivity index (χ1v) is 6.76. The molecule has 2 rings (SSSR count). The Balaban J connectivity index is 2.16. The smallest absolute Gasteiger partial charge is 0.0996 e. The molecule has 2 nitrogen and oxygen atoms in total. The van der Waals surface area contributed by atoms with Gasteiger partial charge in [0.1, 0.15) is 0 Å². The number of nitrogens with one attached hydrogen (secondary N) is 1. The summed E-state index contributed by atoms with van der Waals surface area (Å²) in [4.78, 5) is 4.14.